The van der Waals surface area contributed by atoms with Crippen molar-refractivity contribution in [3.8, 4) is 11.5 Å². The molecular formula is C14H19N3O. The maximum absolute atomic E-state index is 5.79. The molecule has 0 aliphatic heterocycles. The molecule has 0 aliphatic carbocycles. The van der Waals surface area contributed by atoms with Crippen LogP contribution in [0.3, 0.4) is 0 Å². The Kier molecular flexibility index (Phi) is 3.99. The van der Waals surface area contributed by atoms with E-state index in [2.05, 4.69) is 36.4 Å². The van der Waals surface area contributed by atoms with Crippen molar-refractivity contribution >= 4 is 0 Å². The number of aryl methyl sites for hydroxylation is 2. The van der Waals surface area contributed by atoms with Crippen molar-refractivity contribution in [1.29, 1.82) is 0 Å². The number of ether oxygens (including phenoxy) is 1. The molecule has 0 amide bonds. The predicted molar refractivity (Wildman–Crippen MR) is 71.8 cm³/mol. The molecule has 0 aliphatic rings. The molecule has 1 aromatic heterocycles. The topological polar surface area (TPSA) is 39.1 Å². The van der Waals surface area contributed by atoms with Gasteiger partial charge in [-0.2, -0.15) is 5.10 Å². The van der Waals surface area contributed by atoms with Crippen LogP contribution in [0.4, 0.5) is 0 Å². The van der Waals surface area contributed by atoms with Crippen LogP contribution in [-0.2, 0) is 13.6 Å². The van der Waals surface area contributed by atoms with Gasteiger partial charge in [0.15, 0.2) is 5.75 Å². The molecule has 2 aromatic rings. The summed E-state index contributed by atoms with van der Waals surface area (Å²) < 4.78 is 7.51. The van der Waals surface area contributed by atoms with Crippen molar-refractivity contribution in [2.75, 3.05) is 6.54 Å². The predicted octanol–water partition coefficient (Wildman–Crippen LogP) is 2.63. The van der Waals surface area contributed by atoms with Crippen LogP contribution in [-0.4, -0.2) is 16.3 Å². The van der Waals surface area contributed by atoms with Gasteiger partial charge < -0.3 is 10.1 Å². The van der Waals surface area contributed by atoms with E-state index in [9.17, 15) is 0 Å². The van der Waals surface area contributed by atoms with E-state index in [4.69, 9.17) is 4.74 Å². The van der Waals surface area contributed by atoms with Gasteiger partial charge in [-0.05, 0) is 30.7 Å². The molecule has 0 radical (unpaired) electrons. The molecule has 0 unspecified atom stereocenters. The zero-order valence-electron chi connectivity index (χ0n) is 11.1. The Morgan fingerprint density at radius 1 is 1.39 bits per heavy atom. The summed E-state index contributed by atoms with van der Waals surface area (Å²) in [6.45, 7) is 6.03. The van der Waals surface area contributed by atoms with Gasteiger partial charge in [-0.25, -0.2) is 0 Å². The monoisotopic (exact) mass is 245 g/mol. The average Bonchev–Trinajstić information content (AvgIpc) is 2.75. The van der Waals surface area contributed by atoms with Gasteiger partial charge in [0.2, 0.25) is 0 Å². The first-order valence-corrected chi connectivity index (χ1v) is 6.16. The van der Waals surface area contributed by atoms with Crippen molar-refractivity contribution in [1.82, 2.24) is 15.1 Å². The summed E-state index contributed by atoms with van der Waals surface area (Å²) in [5, 5.41) is 7.39. The lowest BCUT2D eigenvalue weighted by atomic mass is 10.1. The zero-order chi connectivity index (χ0) is 13.0. The van der Waals surface area contributed by atoms with Gasteiger partial charge in [-0.1, -0.05) is 19.1 Å². The van der Waals surface area contributed by atoms with Gasteiger partial charge in [-0.15, -0.1) is 0 Å². The van der Waals surface area contributed by atoms with Gasteiger partial charge >= 0.3 is 0 Å². The lowest BCUT2D eigenvalue weighted by Crippen LogP contribution is -2.11. The highest BCUT2D eigenvalue weighted by Gasteiger charge is 2.04. The van der Waals surface area contributed by atoms with E-state index in [0.29, 0.717) is 0 Å². The Bertz CT molecular complexity index is 520. The van der Waals surface area contributed by atoms with E-state index in [-0.39, 0.29) is 0 Å². The number of hydrogen-bond acceptors (Lipinski definition) is 3. The van der Waals surface area contributed by atoms with Crippen LogP contribution in [0, 0.1) is 6.92 Å². The Morgan fingerprint density at radius 3 is 2.83 bits per heavy atom. The summed E-state index contributed by atoms with van der Waals surface area (Å²) in [6, 6.07) is 6.24. The van der Waals surface area contributed by atoms with E-state index in [1.807, 2.05) is 19.3 Å². The van der Waals surface area contributed by atoms with E-state index in [0.717, 1.165) is 30.2 Å². The molecule has 2 rings (SSSR count). The van der Waals surface area contributed by atoms with Crippen molar-refractivity contribution < 1.29 is 4.74 Å². The van der Waals surface area contributed by atoms with Gasteiger partial charge in [0.05, 0.1) is 12.4 Å². The molecule has 0 saturated carbocycles. The standard InChI is InChI=1S/C14H19N3O/c1-4-15-8-12-5-6-14(11(2)7-12)18-13-9-16-17(3)10-13/h5-7,9-10,15H,4,8H2,1-3H3. The molecule has 96 valence electrons. The fourth-order valence-electron chi connectivity index (χ4n) is 1.78. The van der Waals surface area contributed by atoms with Crippen molar-refractivity contribution in [3.63, 3.8) is 0 Å². The molecule has 0 fully saturated rings. The number of benzene rings is 1. The fraction of sp³-hybridized carbons (Fsp3) is 0.357. The summed E-state index contributed by atoms with van der Waals surface area (Å²) in [4.78, 5) is 0. The second-order valence-electron chi connectivity index (χ2n) is 4.33. The van der Waals surface area contributed by atoms with Crippen LogP contribution < -0.4 is 10.1 Å². The molecule has 0 bridgehead atoms. The number of nitrogens with one attached hydrogen (secondary N) is 1. The first-order valence-electron chi connectivity index (χ1n) is 6.16. The minimum atomic E-state index is 0.764. The quantitative estimate of drug-likeness (QED) is 0.880. The number of hydrogen-bond donors (Lipinski definition) is 1. The van der Waals surface area contributed by atoms with Gasteiger partial charge in [0.25, 0.3) is 0 Å². The normalized spacial score (nSPS) is 10.6. The van der Waals surface area contributed by atoms with Crippen LogP contribution in [0.25, 0.3) is 0 Å². The minimum Gasteiger partial charge on any atom is -0.454 e. The summed E-state index contributed by atoms with van der Waals surface area (Å²) in [5.41, 5.74) is 2.40. The fourth-order valence-corrected chi connectivity index (χ4v) is 1.78. The van der Waals surface area contributed by atoms with Crippen LogP contribution in [0.15, 0.2) is 30.6 Å². The van der Waals surface area contributed by atoms with Crippen molar-refractivity contribution in [2.45, 2.75) is 20.4 Å². The first-order chi connectivity index (χ1) is 8.69. The molecular weight excluding hydrogens is 226 g/mol. The first kappa shape index (κ1) is 12.6. The highest BCUT2D eigenvalue weighted by atomic mass is 16.5. The van der Waals surface area contributed by atoms with Crippen molar-refractivity contribution in [2.24, 2.45) is 7.05 Å². The zero-order valence-corrected chi connectivity index (χ0v) is 11.1. The summed E-state index contributed by atoms with van der Waals surface area (Å²) in [6.07, 6.45) is 3.57. The molecule has 0 atom stereocenters. The maximum atomic E-state index is 5.79. The second kappa shape index (κ2) is 5.69. The number of aromatic nitrogens is 2. The molecule has 1 aromatic carbocycles. The third kappa shape index (κ3) is 3.11. The lowest BCUT2D eigenvalue weighted by molar-refractivity contribution is 0.478. The van der Waals surface area contributed by atoms with Crippen LogP contribution in [0.1, 0.15) is 18.1 Å². The van der Waals surface area contributed by atoms with Crippen molar-refractivity contribution in [3.05, 3.63) is 41.7 Å². The Morgan fingerprint density at radius 2 is 2.22 bits per heavy atom. The van der Waals surface area contributed by atoms with E-state index < -0.39 is 0 Å². The molecule has 4 nitrogen and oxygen atoms in total. The highest BCUT2D eigenvalue weighted by molar-refractivity contribution is 5.38. The number of rotatable bonds is 5. The Hall–Kier alpha value is -1.81. The van der Waals surface area contributed by atoms with E-state index in [1.54, 1.807) is 10.9 Å². The third-order valence-corrected chi connectivity index (χ3v) is 2.73. The van der Waals surface area contributed by atoms with E-state index in [1.165, 1.54) is 5.56 Å². The Balaban J connectivity index is 2.09. The maximum Gasteiger partial charge on any atom is 0.165 e. The Labute approximate surface area is 108 Å². The number of nitrogens with zero attached hydrogens (tertiary/aromatic N) is 2. The van der Waals surface area contributed by atoms with Crippen LogP contribution in [0.5, 0.6) is 11.5 Å². The summed E-state index contributed by atoms with van der Waals surface area (Å²) >= 11 is 0. The van der Waals surface area contributed by atoms with E-state index >= 15 is 0 Å². The smallest absolute Gasteiger partial charge is 0.165 e. The van der Waals surface area contributed by atoms with Gasteiger partial charge in [0, 0.05) is 13.6 Å². The van der Waals surface area contributed by atoms with Gasteiger partial charge in [-0.3, -0.25) is 4.68 Å². The molecule has 18 heavy (non-hydrogen) atoms. The molecule has 1 N–H and O–H groups in total. The largest absolute Gasteiger partial charge is 0.454 e. The SMILES string of the molecule is CCNCc1ccc(Oc2cnn(C)c2)c(C)c1. The van der Waals surface area contributed by atoms with Crippen LogP contribution in [0.2, 0.25) is 0 Å². The second-order valence-corrected chi connectivity index (χ2v) is 4.33. The minimum absolute atomic E-state index is 0.764. The third-order valence-electron chi connectivity index (χ3n) is 2.73. The molecule has 1 heterocycles. The lowest BCUT2D eigenvalue weighted by Gasteiger charge is -2.09. The van der Waals surface area contributed by atoms with Crippen LogP contribution >= 0.6 is 0 Å². The summed E-state index contributed by atoms with van der Waals surface area (Å²) in [7, 11) is 1.87. The van der Waals surface area contributed by atoms with Gasteiger partial charge in [0.1, 0.15) is 5.75 Å². The molecule has 0 saturated heterocycles. The molecule has 4 heteroatoms. The summed E-state index contributed by atoms with van der Waals surface area (Å²) in [5.74, 6) is 1.64. The molecule has 0 spiro atoms. The average molecular weight is 245 g/mol. The highest BCUT2D eigenvalue weighted by Crippen LogP contribution is 2.25.